The maximum absolute atomic E-state index is 11.8. The highest BCUT2D eigenvalue weighted by atomic mass is 32.2. The van der Waals surface area contributed by atoms with E-state index in [2.05, 4.69) is 4.72 Å². The Bertz CT molecular complexity index is 340. The number of sulfonamides is 1. The summed E-state index contributed by atoms with van der Waals surface area (Å²) in [7, 11) is -3.18. The molecule has 1 saturated heterocycles. The summed E-state index contributed by atoms with van der Waals surface area (Å²) in [6.45, 7) is 3.04. The van der Waals surface area contributed by atoms with Crippen molar-refractivity contribution in [2.75, 3.05) is 19.3 Å². The third-order valence-electron chi connectivity index (χ3n) is 2.83. The molecule has 1 N–H and O–H groups in total. The quantitative estimate of drug-likeness (QED) is 0.779. The van der Waals surface area contributed by atoms with Crippen LogP contribution < -0.4 is 4.72 Å². The highest BCUT2D eigenvalue weighted by Gasteiger charge is 2.22. The Hall–Kier alpha value is -0.620. The van der Waals surface area contributed by atoms with E-state index in [1.54, 1.807) is 0 Å². The second kappa shape index (κ2) is 5.63. The third-order valence-corrected chi connectivity index (χ3v) is 3.55. The Morgan fingerprint density at radius 2 is 2.12 bits per heavy atom. The fraction of sp³-hybridized carbons (Fsp3) is 0.900. The number of rotatable bonds is 4. The molecule has 0 aromatic heterocycles. The summed E-state index contributed by atoms with van der Waals surface area (Å²) in [4.78, 5) is 13.6. The Balaban J connectivity index is 2.34. The van der Waals surface area contributed by atoms with Crippen LogP contribution >= 0.6 is 0 Å². The zero-order valence-electron chi connectivity index (χ0n) is 9.90. The van der Waals surface area contributed by atoms with Gasteiger partial charge >= 0.3 is 0 Å². The van der Waals surface area contributed by atoms with Crippen LogP contribution in [0.5, 0.6) is 0 Å². The molecule has 0 unspecified atom stereocenters. The van der Waals surface area contributed by atoms with Gasteiger partial charge in [0.25, 0.3) is 0 Å². The summed E-state index contributed by atoms with van der Waals surface area (Å²) in [5.41, 5.74) is 0. The average molecular weight is 248 g/mol. The number of nitrogens with one attached hydrogen (secondary N) is 1. The van der Waals surface area contributed by atoms with Gasteiger partial charge in [-0.25, -0.2) is 13.1 Å². The van der Waals surface area contributed by atoms with Crippen molar-refractivity contribution >= 4 is 15.9 Å². The minimum Gasteiger partial charge on any atom is -0.340 e. The predicted molar refractivity (Wildman–Crippen MR) is 62.5 cm³/mol. The first-order valence-corrected chi connectivity index (χ1v) is 7.53. The molecule has 6 heteroatoms. The zero-order valence-corrected chi connectivity index (χ0v) is 10.7. The van der Waals surface area contributed by atoms with Crippen LogP contribution in [0.1, 0.15) is 32.6 Å². The second-order valence-corrected chi connectivity index (χ2v) is 6.18. The van der Waals surface area contributed by atoms with E-state index < -0.39 is 10.0 Å². The Kier molecular flexibility index (Phi) is 4.73. The number of likely N-dealkylation sites (tertiary alicyclic amines) is 1. The van der Waals surface area contributed by atoms with Crippen LogP contribution in [-0.2, 0) is 14.8 Å². The second-order valence-electron chi connectivity index (χ2n) is 4.35. The first-order valence-electron chi connectivity index (χ1n) is 5.64. The van der Waals surface area contributed by atoms with E-state index in [1.807, 2.05) is 11.8 Å². The first kappa shape index (κ1) is 13.4. The molecule has 1 rings (SSSR count). The van der Waals surface area contributed by atoms with Gasteiger partial charge in [0.05, 0.1) is 6.26 Å². The molecule has 0 saturated carbocycles. The van der Waals surface area contributed by atoms with Crippen LogP contribution in [0.3, 0.4) is 0 Å². The average Bonchev–Trinajstić information content (AvgIpc) is 2.16. The normalized spacial score (nSPS) is 22.1. The van der Waals surface area contributed by atoms with Crippen molar-refractivity contribution < 1.29 is 13.2 Å². The molecule has 16 heavy (non-hydrogen) atoms. The standard InChI is InChI=1S/C10H20N2O3S/c1-9-5-3-4-8-12(9)10(13)6-7-11-16(2,14)15/h9,11H,3-8H2,1-2H3/t9-/m0/s1. The number of amides is 1. The predicted octanol–water partition coefficient (Wildman–Crippen LogP) is 0.327. The molecule has 0 aliphatic carbocycles. The number of hydrogen-bond acceptors (Lipinski definition) is 3. The molecular weight excluding hydrogens is 228 g/mol. The van der Waals surface area contributed by atoms with Gasteiger partial charge in [0.15, 0.2) is 0 Å². The number of piperidine rings is 1. The number of hydrogen-bond donors (Lipinski definition) is 1. The van der Waals surface area contributed by atoms with Crippen molar-refractivity contribution in [1.29, 1.82) is 0 Å². The summed E-state index contributed by atoms with van der Waals surface area (Å²) in [5, 5.41) is 0. The maximum Gasteiger partial charge on any atom is 0.224 e. The SMILES string of the molecule is C[C@H]1CCCCN1C(=O)CCNS(C)(=O)=O. The fourth-order valence-electron chi connectivity index (χ4n) is 1.96. The fourth-order valence-corrected chi connectivity index (χ4v) is 2.43. The van der Waals surface area contributed by atoms with E-state index >= 15 is 0 Å². The van der Waals surface area contributed by atoms with Gasteiger partial charge in [0, 0.05) is 25.6 Å². The summed E-state index contributed by atoms with van der Waals surface area (Å²) in [5.74, 6) is 0.0448. The lowest BCUT2D eigenvalue weighted by Gasteiger charge is -2.33. The summed E-state index contributed by atoms with van der Waals surface area (Å²) in [6.07, 6.45) is 4.62. The molecule has 0 aromatic carbocycles. The number of nitrogens with zero attached hydrogens (tertiary/aromatic N) is 1. The van der Waals surface area contributed by atoms with E-state index in [4.69, 9.17) is 0 Å². The van der Waals surface area contributed by atoms with Gasteiger partial charge in [0.2, 0.25) is 15.9 Å². The van der Waals surface area contributed by atoms with E-state index in [9.17, 15) is 13.2 Å². The molecule has 1 atom stereocenters. The first-order chi connectivity index (χ1) is 7.40. The van der Waals surface area contributed by atoms with E-state index in [0.717, 1.165) is 25.6 Å². The van der Waals surface area contributed by atoms with Crippen LogP contribution in [0.25, 0.3) is 0 Å². The van der Waals surface area contributed by atoms with E-state index in [0.29, 0.717) is 6.04 Å². The molecule has 5 nitrogen and oxygen atoms in total. The molecule has 1 amide bonds. The number of carbonyl (C=O) groups excluding carboxylic acids is 1. The molecule has 94 valence electrons. The van der Waals surface area contributed by atoms with Gasteiger partial charge in [-0.1, -0.05) is 0 Å². The molecule has 1 aliphatic heterocycles. The van der Waals surface area contributed by atoms with Gasteiger partial charge in [0.1, 0.15) is 0 Å². The Labute approximate surface area is 97.2 Å². The van der Waals surface area contributed by atoms with Gasteiger partial charge in [-0.3, -0.25) is 4.79 Å². The van der Waals surface area contributed by atoms with Crippen LogP contribution in [0.2, 0.25) is 0 Å². The van der Waals surface area contributed by atoms with Crippen LogP contribution in [-0.4, -0.2) is 44.6 Å². The lowest BCUT2D eigenvalue weighted by atomic mass is 10.0. The Morgan fingerprint density at radius 1 is 1.44 bits per heavy atom. The third kappa shape index (κ3) is 4.49. The lowest BCUT2D eigenvalue weighted by Crippen LogP contribution is -2.43. The summed E-state index contributed by atoms with van der Waals surface area (Å²) < 4.78 is 24.0. The minimum absolute atomic E-state index is 0.0448. The van der Waals surface area contributed by atoms with E-state index in [-0.39, 0.29) is 18.9 Å². The van der Waals surface area contributed by atoms with Crippen molar-refractivity contribution in [3.8, 4) is 0 Å². The molecule has 1 heterocycles. The lowest BCUT2D eigenvalue weighted by molar-refractivity contribution is -0.134. The minimum atomic E-state index is -3.18. The van der Waals surface area contributed by atoms with Crippen molar-refractivity contribution in [2.24, 2.45) is 0 Å². The van der Waals surface area contributed by atoms with Crippen molar-refractivity contribution in [1.82, 2.24) is 9.62 Å². The summed E-state index contributed by atoms with van der Waals surface area (Å²) >= 11 is 0. The molecule has 1 aliphatic rings. The molecule has 0 radical (unpaired) electrons. The maximum atomic E-state index is 11.8. The van der Waals surface area contributed by atoms with Crippen LogP contribution in [0.15, 0.2) is 0 Å². The zero-order chi connectivity index (χ0) is 12.2. The molecule has 0 spiro atoms. The monoisotopic (exact) mass is 248 g/mol. The van der Waals surface area contributed by atoms with Crippen LogP contribution in [0, 0.1) is 0 Å². The van der Waals surface area contributed by atoms with Crippen molar-refractivity contribution in [3.05, 3.63) is 0 Å². The van der Waals surface area contributed by atoms with Crippen molar-refractivity contribution in [2.45, 2.75) is 38.6 Å². The highest BCUT2D eigenvalue weighted by molar-refractivity contribution is 7.88. The van der Waals surface area contributed by atoms with Gasteiger partial charge in [-0.05, 0) is 26.2 Å². The molecule has 0 bridgehead atoms. The van der Waals surface area contributed by atoms with Gasteiger partial charge < -0.3 is 4.90 Å². The van der Waals surface area contributed by atoms with Gasteiger partial charge in [-0.15, -0.1) is 0 Å². The van der Waals surface area contributed by atoms with E-state index in [1.165, 1.54) is 6.42 Å². The summed E-state index contributed by atoms with van der Waals surface area (Å²) in [6, 6.07) is 0.291. The van der Waals surface area contributed by atoms with Crippen LogP contribution in [0.4, 0.5) is 0 Å². The highest BCUT2D eigenvalue weighted by Crippen LogP contribution is 2.16. The topological polar surface area (TPSA) is 66.5 Å². The molecule has 1 fully saturated rings. The largest absolute Gasteiger partial charge is 0.340 e. The Morgan fingerprint density at radius 3 is 2.69 bits per heavy atom. The van der Waals surface area contributed by atoms with Crippen molar-refractivity contribution in [3.63, 3.8) is 0 Å². The van der Waals surface area contributed by atoms with Gasteiger partial charge in [-0.2, -0.15) is 0 Å². The number of carbonyl (C=O) groups is 1. The smallest absolute Gasteiger partial charge is 0.224 e. The molecule has 0 aromatic rings. The molecular formula is C10H20N2O3S.